The molecule has 1 fully saturated rings. The molecule has 0 atom stereocenters. The molecule has 1 aliphatic rings. The highest BCUT2D eigenvalue weighted by Crippen LogP contribution is 2.30. The highest BCUT2D eigenvalue weighted by atomic mass is 19.1. The molecule has 5 nitrogen and oxygen atoms in total. The van der Waals surface area contributed by atoms with E-state index in [0.717, 1.165) is 36.0 Å². The molecule has 6 heteroatoms. The van der Waals surface area contributed by atoms with E-state index in [9.17, 15) is 9.18 Å². The van der Waals surface area contributed by atoms with Crippen LogP contribution in [0.3, 0.4) is 0 Å². The first kappa shape index (κ1) is 23.4. The number of aromatic nitrogens is 2. The summed E-state index contributed by atoms with van der Waals surface area (Å²) in [5.74, 6) is -0.0546. The van der Waals surface area contributed by atoms with E-state index in [1.54, 1.807) is 12.1 Å². The molecule has 1 saturated carbocycles. The summed E-state index contributed by atoms with van der Waals surface area (Å²) in [5.41, 5.74) is 5.21. The number of rotatable bonds is 6. The Kier molecular flexibility index (Phi) is 7.50. The van der Waals surface area contributed by atoms with Crippen LogP contribution in [-0.4, -0.2) is 35.1 Å². The largest absolute Gasteiger partial charge is 0.326 e. The third kappa shape index (κ3) is 6.62. The van der Waals surface area contributed by atoms with Crippen LogP contribution in [0, 0.1) is 11.7 Å². The number of carbonyl (C=O) groups is 1. The lowest BCUT2D eigenvalue weighted by atomic mass is 10.1. The summed E-state index contributed by atoms with van der Waals surface area (Å²) in [7, 11) is 4.16. The van der Waals surface area contributed by atoms with Crippen LogP contribution in [0.4, 0.5) is 10.1 Å². The first-order valence-corrected chi connectivity index (χ1v) is 11.4. The molecule has 174 valence electrons. The van der Waals surface area contributed by atoms with Gasteiger partial charge in [-0.25, -0.2) is 4.39 Å². The summed E-state index contributed by atoms with van der Waals surface area (Å²) in [4.78, 5) is 13.4. The Morgan fingerprint density at radius 3 is 2.41 bits per heavy atom. The van der Waals surface area contributed by atoms with Crippen molar-refractivity contribution < 1.29 is 9.18 Å². The van der Waals surface area contributed by atoms with Crippen molar-refractivity contribution in [2.24, 2.45) is 5.92 Å². The molecular weight excluding hydrogens is 427 g/mol. The number of benzene rings is 3. The van der Waals surface area contributed by atoms with Crippen LogP contribution >= 0.6 is 0 Å². The van der Waals surface area contributed by atoms with Gasteiger partial charge in [-0.1, -0.05) is 48.5 Å². The second-order valence-corrected chi connectivity index (χ2v) is 8.74. The zero-order chi connectivity index (χ0) is 23.9. The molecule has 5 rings (SSSR count). The lowest BCUT2D eigenvalue weighted by Gasteiger charge is -2.09. The summed E-state index contributed by atoms with van der Waals surface area (Å²) in [6, 6.07) is 22.6. The predicted octanol–water partition coefficient (Wildman–Crippen LogP) is 5.97. The van der Waals surface area contributed by atoms with Crippen LogP contribution in [0.5, 0.6) is 0 Å². The first-order valence-electron chi connectivity index (χ1n) is 11.4. The smallest absolute Gasteiger partial charge is 0.227 e. The zero-order valence-electron chi connectivity index (χ0n) is 19.5. The van der Waals surface area contributed by atoms with Gasteiger partial charge in [0.15, 0.2) is 0 Å². The van der Waals surface area contributed by atoms with Gasteiger partial charge in [0.25, 0.3) is 0 Å². The van der Waals surface area contributed by atoms with E-state index in [2.05, 4.69) is 77.0 Å². The van der Waals surface area contributed by atoms with Crippen molar-refractivity contribution in [3.63, 3.8) is 0 Å². The molecule has 0 unspecified atom stereocenters. The summed E-state index contributed by atoms with van der Waals surface area (Å²) >= 11 is 0. The maximum Gasteiger partial charge on any atom is 0.227 e. The molecule has 0 bridgehead atoms. The normalized spacial score (nSPS) is 13.2. The van der Waals surface area contributed by atoms with E-state index in [4.69, 9.17) is 0 Å². The zero-order valence-corrected chi connectivity index (χ0v) is 19.5. The summed E-state index contributed by atoms with van der Waals surface area (Å²) in [6.07, 6.45) is 6.11. The van der Waals surface area contributed by atoms with Gasteiger partial charge in [0.05, 0.1) is 11.2 Å². The maximum absolute atomic E-state index is 12.5. The Labute approximate surface area is 199 Å². The van der Waals surface area contributed by atoms with Crippen LogP contribution in [0.2, 0.25) is 0 Å². The molecule has 1 amide bonds. The lowest BCUT2D eigenvalue weighted by molar-refractivity contribution is -0.117. The summed E-state index contributed by atoms with van der Waals surface area (Å²) < 4.78 is 12.5. The first-order chi connectivity index (χ1) is 16.5. The van der Waals surface area contributed by atoms with Crippen molar-refractivity contribution in [3.05, 3.63) is 95.4 Å². The number of anilines is 1. The van der Waals surface area contributed by atoms with E-state index in [-0.39, 0.29) is 17.6 Å². The van der Waals surface area contributed by atoms with Crippen molar-refractivity contribution in [2.75, 3.05) is 19.4 Å². The van der Waals surface area contributed by atoms with E-state index >= 15 is 0 Å². The van der Waals surface area contributed by atoms with Gasteiger partial charge in [0.2, 0.25) is 5.91 Å². The minimum atomic E-state index is -0.288. The summed E-state index contributed by atoms with van der Waals surface area (Å²) in [6.45, 7) is 0.966. The second-order valence-electron chi connectivity index (χ2n) is 8.74. The number of halogens is 1. The quantitative estimate of drug-likeness (QED) is 0.376. The Balaban J connectivity index is 0.000000180. The highest BCUT2D eigenvalue weighted by Gasteiger charge is 2.29. The van der Waals surface area contributed by atoms with Gasteiger partial charge in [0.1, 0.15) is 5.82 Å². The lowest BCUT2D eigenvalue weighted by Crippen LogP contribution is -2.12. The molecule has 0 spiro atoms. The number of nitrogens with one attached hydrogen (secondary N) is 2. The van der Waals surface area contributed by atoms with Crippen molar-refractivity contribution in [1.29, 1.82) is 0 Å². The van der Waals surface area contributed by atoms with Crippen LogP contribution in [0.25, 0.3) is 23.1 Å². The topological polar surface area (TPSA) is 61.0 Å². The van der Waals surface area contributed by atoms with Gasteiger partial charge in [-0.3, -0.25) is 9.89 Å². The van der Waals surface area contributed by atoms with Crippen molar-refractivity contribution in [2.45, 2.75) is 19.4 Å². The molecule has 0 saturated heterocycles. The van der Waals surface area contributed by atoms with Gasteiger partial charge < -0.3 is 10.2 Å². The molecule has 2 N–H and O–H groups in total. The molecule has 0 radical (unpaired) electrons. The number of nitrogens with zero attached hydrogens (tertiary/aromatic N) is 2. The number of carbonyl (C=O) groups excluding carboxylic acids is 1. The van der Waals surface area contributed by atoms with E-state index in [1.807, 2.05) is 18.2 Å². The number of fused-ring (bicyclic) bond motifs is 1. The van der Waals surface area contributed by atoms with Crippen LogP contribution in [0.1, 0.15) is 29.7 Å². The van der Waals surface area contributed by atoms with Gasteiger partial charge in [-0.2, -0.15) is 5.10 Å². The number of aromatic amines is 1. The van der Waals surface area contributed by atoms with Crippen LogP contribution < -0.4 is 5.32 Å². The molecule has 1 aliphatic carbocycles. The summed E-state index contributed by atoms with van der Waals surface area (Å²) in [5, 5.41) is 11.3. The fourth-order valence-electron chi connectivity index (χ4n) is 3.51. The number of H-pyrrole nitrogens is 1. The minimum Gasteiger partial charge on any atom is -0.326 e. The fraction of sp³-hybridized carbons (Fsp3) is 0.214. The molecule has 0 aliphatic heterocycles. The van der Waals surface area contributed by atoms with Gasteiger partial charge >= 0.3 is 0 Å². The third-order valence-electron chi connectivity index (χ3n) is 5.47. The van der Waals surface area contributed by atoms with Crippen molar-refractivity contribution in [1.82, 2.24) is 15.1 Å². The van der Waals surface area contributed by atoms with Crippen LogP contribution in [0.15, 0.2) is 72.8 Å². The Bertz CT molecular complexity index is 1260. The standard InChI is InChI=1S/C18H19N3.C10H10FNO/c1-21(2)13-15-9-7-14(8-10-15)11-12-18-16-5-3-4-6-17(16)19-20-18;11-8-3-5-9(6-4-8)12-10(13)7-1-2-7/h3-12H,13H2,1-2H3,(H,19,20);3-7H,1-2H2,(H,12,13)/b12-11+;. The Hall–Kier alpha value is -3.77. The van der Waals surface area contributed by atoms with Crippen molar-refractivity contribution in [3.8, 4) is 0 Å². The second kappa shape index (κ2) is 10.9. The maximum atomic E-state index is 12.5. The average Bonchev–Trinajstić information content (AvgIpc) is 3.61. The monoisotopic (exact) mass is 456 g/mol. The molecule has 3 aromatic carbocycles. The van der Waals surface area contributed by atoms with Gasteiger partial charge in [0, 0.05) is 23.5 Å². The van der Waals surface area contributed by atoms with Crippen LogP contribution in [-0.2, 0) is 11.3 Å². The molecular formula is C28H29FN4O. The number of hydrogen-bond acceptors (Lipinski definition) is 3. The average molecular weight is 457 g/mol. The Morgan fingerprint density at radius 2 is 1.74 bits per heavy atom. The van der Waals surface area contributed by atoms with Gasteiger partial charge in [-0.05, 0) is 74.5 Å². The number of para-hydroxylation sites is 1. The van der Waals surface area contributed by atoms with Gasteiger partial charge in [-0.15, -0.1) is 0 Å². The third-order valence-corrected chi connectivity index (χ3v) is 5.47. The minimum absolute atomic E-state index is 0.0478. The Morgan fingerprint density at radius 1 is 1.03 bits per heavy atom. The molecule has 1 heterocycles. The van der Waals surface area contributed by atoms with E-state index in [0.29, 0.717) is 5.69 Å². The SMILES string of the molecule is CN(C)Cc1ccc(/C=C/c2n[nH]c3ccccc23)cc1.O=C(Nc1ccc(F)cc1)C1CC1. The van der Waals surface area contributed by atoms with E-state index < -0.39 is 0 Å². The molecule has 1 aromatic heterocycles. The number of amides is 1. The van der Waals surface area contributed by atoms with E-state index in [1.165, 1.54) is 23.3 Å². The number of hydrogen-bond donors (Lipinski definition) is 2. The molecule has 34 heavy (non-hydrogen) atoms. The molecule has 4 aromatic rings. The highest BCUT2D eigenvalue weighted by molar-refractivity contribution is 5.94. The fourth-order valence-corrected chi connectivity index (χ4v) is 3.51. The predicted molar refractivity (Wildman–Crippen MR) is 137 cm³/mol. The van der Waals surface area contributed by atoms with Crippen molar-refractivity contribution >= 4 is 34.6 Å².